The molecule has 0 spiro atoms. The summed E-state index contributed by atoms with van der Waals surface area (Å²) >= 11 is 0. The lowest BCUT2D eigenvalue weighted by Crippen LogP contribution is -2.46. The second-order valence-corrected chi connectivity index (χ2v) is 11.7. The summed E-state index contributed by atoms with van der Waals surface area (Å²) in [6.07, 6.45) is 11.3. The van der Waals surface area contributed by atoms with E-state index in [0.717, 1.165) is 61.9 Å². The van der Waals surface area contributed by atoms with Crippen molar-refractivity contribution in [2.45, 2.75) is 89.2 Å². The Kier molecular flexibility index (Phi) is 12.5. The molecule has 0 radical (unpaired) electrons. The molecule has 1 unspecified atom stereocenters. The maximum atomic E-state index is 12.9. The first kappa shape index (κ1) is 31.0. The minimum absolute atomic E-state index is 0.0665. The summed E-state index contributed by atoms with van der Waals surface area (Å²) in [6.45, 7) is 3.31. The van der Waals surface area contributed by atoms with Gasteiger partial charge in [-0.2, -0.15) is 0 Å². The molecule has 1 saturated heterocycles. The number of ether oxygens (including phenoxy) is 2. The molecular weight excluding hydrogens is 516 g/mol. The number of methoxy groups -OCH3 is 1. The highest BCUT2D eigenvalue weighted by atomic mass is 16.5. The Labute approximate surface area is 245 Å². The highest BCUT2D eigenvalue weighted by Gasteiger charge is 2.26. The lowest BCUT2D eigenvalue weighted by atomic mass is 9.87. The van der Waals surface area contributed by atoms with Crippen LogP contribution >= 0.6 is 0 Å². The fourth-order valence-electron chi connectivity index (χ4n) is 6.05. The summed E-state index contributed by atoms with van der Waals surface area (Å²) in [5, 5.41) is 14.4. The highest BCUT2D eigenvalue weighted by Crippen LogP contribution is 2.27. The Morgan fingerprint density at radius 1 is 0.902 bits per heavy atom. The first-order valence-electron chi connectivity index (χ1n) is 15.6. The number of hydrogen-bond acceptors (Lipinski definition) is 6. The molecule has 2 atom stereocenters. The Balaban J connectivity index is 1.24. The number of nitrogens with zero attached hydrogens (tertiary/aromatic N) is 1. The van der Waals surface area contributed by atoms with Crippen LogP contribution in [-0.2, 0) is 4.79 Å². The molecule has 2 aromatic carbocycles. The average molecular weight is 565 g/mol. The molecule has 41 heavy (non-hydrogen) atoms. The number of ketones is 1. The van der Waals surface area contributed by atoms with Crippen LogP contribution in [0.2, 0.25) is 0 Å². The largest absolute Gasteiger partial charge is 0.497 e. The molecule has 7 heteroatoms. The van der Waals surface area contributed by atoms with E-state index in [0.29, 0.717) is 37.8 Å². The van der Waals surface area contributed by atoms with Crippen molar-refractivity contribution in [3.63, 3.8) is 0 Å². The molecular formula is C34H48N2O5. The molecule has 1 heterocycles. The van der Waals surface area contributed by atoms with Gasteiger partial charge in [-0.25, -0.2) is 0 Å². The number of amides is 1. The van der Waals surface area contributed by atoms with E-state index in [1.807, 2.05) is 24.3 Å². The third-order valence-electron chi connectivity index (χ3n) is 8.59. The second-order valence-electron chi connectivity index (χ2n) is 11.7. The van der Waals surface area contributed by atoms with Gasteiger partial charge in [0.1, 0.15) is 17.6 Å². The molecule has 0 aromatic heterocycles. The van der Waals surface area contributed by atoms with E-state index in [9.17, 15) is 14.7 Å². The van der Waals surface area contributed by atoms with Crippen molar-refractivity contribution in [1.29, 1.82) is 0 Å². The van der Waals surface area contributed by atoms with Gasteiger partial charge in [-0.05, 0) is 93.1 Å². The van der Waals surface area contributed by atoms with E-state index in [4.69, 9.17) is 9.47 Å². The molecule has 2 aliphatic rings. The van der Waals surface area contributed by atoms with Gasteiger partial charge < -0.3 is 24.8 Å². The van der Waals surface area contributed by atoms with Crippen LogP contribution in [0.4, 0.5) is 0 Å². The minimum atomic E-state index is -0.813. The number of Topliss-reactive ketones (excluding diaryl/α,β-unsaturated/α-hetero) is 1. The average Bonchev–Trinajstić information content (AvgIpc) is 3.53. The number of carbonyl (C=O) groups excluding carboxylic acids is 2. The molecule has 2 aromatic rings. The smallest absolute Gasteiger partial charge is 0.220 e. The lowest BCUT2D eigenvalue weighted by Gasteiger charge is -2.29. The van der Waals surface area contributed by atoms with Gasteiger partial charge in [0.15, 0.2) is 5.78 Å². The number of benzene rings is 2. The molecule has 0 bridgehead atoms. The van der Waals surface area contributed by atoms with Crippen molar-refractivity contribution in [2.75, 3.05) is 33.4 Å². The van der Waals surface area contributed by atoms with Crippen molar-refractivity contribution >= 4 is 11.7 Å². The molecule has 1 amide bonds. The zero-order chi connectivity index (χ0) is 28.9. The van der Waals surface area contributed by atoms with Gasteiger partial charge in [0.2, 0.25) is 5.91 Å². The monoisotopic (exact) mass is 564 g/mol. The zero-order valence-electron chi connectivity index (χ0n) is 24.7. The predicted molar refractivity (Wildman–Crippen MR) is 161 cm³/mol. The normalized spacial score (nSPS) is 17.6. The van der Waals surface area contributed by atoms with Gasteiger partial charge in [0, 0.05) is 24.9 Å². The number of hydrogen-bond donors (Lipinski definition) is 2. The van der Waals surface area contributed by atoms with Crippen LogP contribution in [0.15, 0.2) is 48.5 Å². The molecule has 2 N–H and O–H groups in total. The lowest BCUT2D eigenvalue weighted by molar-refractivity contribution is -0.123. The van der Waals surface area contributed by atoms with Crippen LogP contribution in [0.1, 0.15) is 99.1 Å². The van der Waals surface area contributed by atoms with Crippen LogP contribution in [0.25, 0.3) is 0 Å². The summed E-state index contributed by atoms with van der Waals surface area (Å²) in [7, 11) is 1.60. The molecule has 1 aliphatic heterocycles. The number of carbonyl (C=O) groups is 2. The number of rotatable bonds is 16. The molecule has 224 valence electrons. The fraction of sp³-hybridized carbons (Fsp3) is 0.588. The van der Waals surface area contributed by atoms with Crippen molar-refractivity contribution in [1.82, 2.24) is 10.2 Å². The zero-order valence-corrected chi connectivity index (χ0v) is 24.7. The van der Waals surface area contributed by atoms with Gasteiger partial charge in [0.05, 0.1) is 19.8 Å². The van der Waals surface area contributed by atoms with Crippen LogP contribution in [0.5, 0.6) is 11.5 Å². The summed E-state index contributed by atoms with van der Waals surface area (Å²) in [4.78, 5) is 27.7. The molecule has 2 fully saturated rings. The van der Waals surface area contributed by atoms with E-state index in [1.54, 1.807) is 31.4 Å². The Morgan fingerprint density at radius 3 is 2.24 bits per heavy atom. The first-order valence-corrected chi connectivity index (χ1v) is 15.6. The topological polar surface area (TPSA) is 88.1 Å². The number of likely N-dealkylation sites (tertiary alicyclic amines) is 1. The predicted octanol–water partition coefficient (Wildman–Crippen LogP) is 6.10. The van der Waals surface area contributed by atoms with Gasteiger partial charge in [-0.3, -0.25) is 9.59 Å². The molecule has 7 nitrogen and oxygen atoms in total. The van der Waals surface area contributed by atoms with E-state index in [1.165, 1.54) is 32.1 Å². The maximum absolute atomic E-state index is 12.9. The third-order valence-corrected chi connectivity index (χ3v) is 8.59. The fourth-order valence-corrected chi connectivity index (χ4v) is 6.05. The number of aliphatic hydroxyl groups is 1. The van der Waals surface area contributed by atoms with E-state index >= 15 is 0 Å². The minimum Gasteiger partial charge on any atom is -0.497 e. The molecule has 4 rings (SSSR count). The van der Waals surface area contributed by atoms with Crippen molar-refractivity contribution < 1.29 is 24.2 Å². The number of aliphatic hydroxyl groups excluding tert-OH is 1. The number of nitrogens with one attached hydrogen (secondary N) is 1. The van der Waals surface area contributed by atoms with Crippen molar-refractivity contribution in [3.05, 3.63) is 59.7 Å². The van der Waals surface area contributed by atoms with Gasteiger partial charge in [-0.1, -0.05) is 44.2 Å². The summed E-state index contributed by atoms with van der Waals surface area (Å²) in [5.41, 5.74) is 1.43. The van der Waals surface area contributed by atoms with Gasteiger partial charge in [0.25, 0.3) is 0 Å². The first-order chi connectivity index (χ1) is 20.0. The molecule has 1 aliphatic carbocycles. The summed E-state index contributed by atoms with van der Waals surface area (Å²) in [5.74, 6) is 2.30. The highest BCUT2D eigenvalue weighted by molar-refractivity contribution is 5.96. The van der Waals surface area contributed by atoms with E-state index < -0.39 is 12.1 Å². The Bertz CT molecular complexity index is 1060. The molecule has 1 saturated carbocycles. The van der Waals surface area contributed by atoms with Gasteiger partial charge in [-0.15, -0.1) is 0 Å². The maximum Gasteiger partial charge on any atom is 0.220 e. The van der Waals surface area contributed by atoms with E-state index in [-0.39, 0.29) is 11.7 Å². The summed E-state index contributed by atoms with van der Waals surface area (Å²) < 4.78 is 11.1. The van der Waals surface area contributed by atoms with Crippen molar-refractivity contribution in [2.24, 2.45) is 5.92 Å². The summed E-state index contributed by atoms with van der Waals surface area (Å²) in [6, 6.07) is 14.4. The third kappa shape index (κ3) is 10.2. The van der Waals surface area contributed by atoms with Crippen molar-refractivity contribution in [3.8, 4) is 11.5 Å². The standard InChI is InChI=1S/C34H48N2O5/c1-40-29-17-13-27(14-18-29)32(37)11-5-6-12-33(38)35-31(25-36-22-7-8-23-36)34(39)28-15-19-30(20-16-28)41-24-21-26-9-3-2-4-10-26/h13-20,26,31,34,39H,2-12,21-25H2,1H3,(H,35,38)/t31?,34-/m1/s1. The number of unbranched alkanes of at least 4 members (excludes halogenated alkanes) is 1. The van der Waals surface area contributed by atoms with E-state index in [2.05, 4.69) is 10.2 Å². The van der Waals surface area contributed by atoms with Crippen LogP contribution in [0, 0.1) is 5.92 Å². The Hall–Kier alpha value is -2.90. The quantitative estimate of drug-likeness (QED) is 0.189. The Morgan fingerprint density at radius 2 is 1.56 bits per heavy atom. The van der Waals surface area contributed by atoms with Crippen LogP contribution < -0.4 is 14.8 Å². The SMILES string of the molecule is COc1ccc(C(=O)CCCCC(=O)NC(CN2CCCC2)[C@H](O)c2ccc(OCCC3CCCCC3)cc2)cc1. The van der Waals surface area contributed by atoms with Gasteiger partial charge >= 0.3 is 0 Å². The van der Waals surface area contributed by atoms with Crippen LogP contribution in [0.3, 0.4) is 0 Å². The second kappa shape index (κ2) is 16.5. The van der Waals surface area contributed by atoms with Crippen LogP contribution in [-0.4, -0.2) is 61.1 Å².